The van der Waals surface area contributed by atoms with Crippen molar-refractivity contribution in [3.8, 4) is 5.75 Å². The number of hydrogen-bond acceptors (Lipinski definition) is 5. The first-order chi connectivity index (χ1) is 10.0. The third-order valence-electron chi connectivity index (χ3n) is 4.59. The molecule has 1 unspecified atom stereocenters. The number of fused-ring (bicyclic) bond motifs is 1. The van der Waals surface area contributed by atoms with E-state index in [1.165, 1.54) is 0 Å². The summed E-state index contributed by atoms with van der Waals surface area (Å²) in [5, 5.41) is 0. The zero-order chi connectivity index (χ0) is 14.9. The van der Waals surface area contributed by atoms with Crippen LogP contribution in [0.25, 0.3) is 0 Å². The largest absolute Gasteiger partial charge is 0.492 e. The van der Waals surface area contributed by atoms with E-state index in [9.17, 15) is 8.42 Å². The molecule has 6 heteroatoms. The van der Waals surface area contributed by atoms with Crippen LogP contribution in [-0.4, -0.2) is 50.1 Å². The summed E-state index contributed by atoms with van der Waals surface area (Å²) in [4.78, 5) is 2.22. The highest BCUT2D eigenvalue weighted by atomic mass is 32.2. The summed E-state index contributed by atoms with van der Waals surface area (Å²) < 4.78 is 30.0. The zero-order valence-electron chi connectivity index (χ0n) is 12.1. The van der Waals surface area contributed by atoms with Crippen LogP contribution in [0.5, 0.6) is 5.75 Å². The van der Waals surface area contributed by atoms with Gasteiger partial charge in [0.15, 0.2) is 9.84 Å². The number of nitrogens with zero attached hydrogens (tertiary/aromatic N) is 1. The van der Waals surface area contributed by atoms with Gasteiger partial charge >= 0.3 is 0 Å². The van der Waals surface area contributed by atoms with Gasteiger partial charge in [0.25, 0.3) is 0 Å². The molecule has 3 rings (SSSR count). The molecule has 1 aromatic carbocycles. The molecule has 0 radical (unpaired) electrons. The molecule has 5 nitrogen and oxygen atoms in total. The average molecular weight is 310 g/mol. The van der Waals surface area contributed by atoms with Crippen LogP contribution in [0.4, 0.5) is 0 Å². The van der Waals surface area contributed by atoms with Gasteiger partial charge in [-0.25, -0.2) is 8.42 Å². The predicted molar refractivity (Wildman–Crippen MR) is 82.0 cm³/mol. The van der Waals surface area contributed by atoms with Crippen molar-refractivity contribution in [2.45, 2.75) is 24.9 Å². The molecule has 1 atom stereocenters. The van der Waals surface area contributed by atoms with Gasteiger partial charge in [0.05, 0.1) is 11.5 Å². The molecule has 2 aliphatic heterocycles. The highest BCUT2D eigenvalue weighted by molar-refractivity contribution is 7.91. The van der Waals surface area contributed by atoms with Crippen LogP contribution >= 0.6 is 0 Å². The van der Waals surface area contributed by atoms with Gasteiger partial charge in [-0.05, 0) is 18.9 Å². The third-order valence-corrected chi connectivity index (χ3v) is 6.48. The molecule has 0 saturated carbocycles. The van der Waals surface area contributed by atoms with E-state index in [0.29, 0.717) is 32.7 Å². The van der Waals surface area contributed by atoms with Gasteiger partial charge in [-0.3, -0.25) is 4.90 Å². The van der Waals surface area contributed by atoms with Crippen molar-refractivity contribution in [1.82, 2.24) is 4.90 Å². The molecule has 0 amide bonds. The summed E-state index contributed by atoms with van der Waals surface area (Å²) >= 11 is 0. The molecule has 1 aromatic rings. The molecule has 2 heterocycles. The van der Waals surface area contributed by atoms with E-state index in [1.54, 1.807) is 0 Å². The van der Waals surface area contributed by atoms with Crippen molar-refractivity contribution < 1.29 is 13.2 Å². The highest BCUT2D eigenvalue weighted by Crippen LogP contribution is 2.32. The Morgan fingerprint density at radius 1 is 1.33 bits per heavy atom. The van der Waals surface area contributed by atoms with Gasteiger partial charge in [-0.1, -0.05) is 18.2 Å². The van der Waals surface area contributed by atoms with Crippen molar-refractivity contribution in [1.29, 1.82) is 0 Å². The number of sulfone groups is 1. The Bertz CT molecular complexity index is 617. The van der Waals surface area contributed by atoms with Crippen molar-refractivity contribution in [2.24, 2.45) is 5.73 Å². The standard InChI is InChI=1S/C15H22N2O3S/c16-11-15(6-3-9-21(18,19)12-15)17-7-8-20-14-5-2-1-4-13(14)10-17/h1-2,4-5H,3,6-12,16H2. The minimum Gasteiger partial charge on any atom is -0.492 e. The summed E-state index contributed by atoms with van der Waals surface area (Å²) in [6.45, 7) is 2.34. The number of benzene rings is 1. The van der Waals surface area contributed by atoms with Gasteiger partial charge in [0.1, 0.15) is 12.4 Å². The lowest BCUT2D eigenvalue weighted by atomic mass is 9.92. The monoisotopic (exact) mass is 310 g/mol. The van der Waals surface area contributed by atoms with Gasteiger partial charge in [0, 0.05) is 30.7 Å². The first-order valence-corrected chi connectivity index (χ1v) is 9.23. The van der Waals surface area contributed by atoms with Crippen LogP contribution in [-0.2, 0) is 16.4 Å². The van der Waals surface area contributed by atoms with E-state index in [-0.39, 0.29) is 11.5 Å². The quantitative estimate of drug-likeness (QED) is 0.874. The fraction of sp³-hybridized carbons (Fsp3) is 0.600. The normalized spacial score (nSPS) is 29.2. The molecule has 2 N–H and O–H groups in total. The summed E-state index contributed by atoms with van der Waals surface area (Å²) in [6, 6.07) is 7.94. The Morgan fingerprint density at radius 2 is 2.14 bits per heavy atom. The molecule has 0 bridgehead atoms. The van der Waals surface area contributed by atoms with E-state index in [4.69, 9.17) is 10.5 Å². The number of hydrogen-bond donors (Lipinski definition) is 1. The lowest BCUT2D eigenvalue weighted by molar-refractivity contribution is 0.0842. The van der Waals surface area contributed by atoms with E-state index in [0.717, 1.165) is 17.7 Å². The third kappa shape index (κ3) is 2.93. The van der Waals surface area contributed by atoms with Crippen molar-refractivity contribution in [2.75, 3.05) is 31.2 Å². The minimum atomic E-state index is -3.00. The molecular formula is C15H22N2O3S. The first kappa shape index (κ1) is 14.8. The second kappa shape index (κ2) is 5.59. The number of ether oxygens (including phenoxy) is 1. The average Bonchev–Trinajstić information content (AvgIpc) is 2.68. The lowest BCUT2D eigenvalue weighted by Crippen LogP contribution is -2.60. The fourth-order valence-corrected chi connectivity index (χ4v) is 5.44. The molecular weight excluding hydrogens is 288 g/mol. The molecule has 116 valence electrons. The van der Waals surface area contributed by atoms with Crippen LogP contribution in [0.15, 0.2) is 24.3 Å². The summed E-state index contributed by atoms with van der Waals surface area (Å²) in [6.07, 6.45) is 1.53. The number of nitrogens with two attached hydrogens (primary N) is 1. The van der Waals surface area contributed by atoms with Crippen LogP contribution in [0.2, 0.25) is 0 Å². The maximum atomic E-state index is 12.1. The number of para-hydroxylation sites is 1. The van der Waals surface area contributed by atoms with Crippen LogP contribution < -0.4 is 10.5 Å². The van der Waals surface area contributed by atoms with Crippen molar-refractivity contribution >= 4 is 9.84 Å². The summed E-state index contributed by atoms with van der Waals surface area (Å²) in [5.41, 5.74) is 6.67. The molecule has 0 aromatic heterocycles. The molecule has 2 aliphatic rings. The van der Waals surface area contributed by atoms with Gasteiger partial charge in [-0.15, -0.1) is 0 Å². The minimum absolute atomic E-state index is 0.165. The second-order valence-electron chi connectivity index (χ2n) is 6.00. The fourth-order valence-electron chi connectivity index (χ4n) is 3.44. The Labute approximate surface area is 126 Å². The van der Waals surface area contributed by atoms with E-state index in [2.05, 4.69) is 4.90 Å². The second-order valence-corrected chi connectivity index (χ2v) is 8.19. The van der Waals surface area contributed by atoms with E-state index >= 15 is 0 Å². The predicted octanol–water partition coefficient (Wildman–Crippen LogP) is 0.787. The topological polar surface area (TPSA) is 72.6 Å². The summed E-state index contributed by atoms with van der Waals surface area (Å²) in [7, 11) is -3.00. The zero-order valence-corrected chi connectivity index (χ0v) is 12.9. The van der Waals surface area contributed by atoms with Crippen LogP contribution in [0.1, 0.15) is 18.4 Å². The van der Waals surface area contributed by atoms with Crippen molar-refractivity contribution in [3.63, 3.8) is 0 Å². The van der Waals surface area contributed by atoms with Gasteiger partial charge in [-0.2, -0.15) is 0 Å². The maximum Gasteiger partial charge on any atom is 0.152 e. The Kier molecular flexibility index (Phi) is 3.94. The molecule has 21 heavy (non-hydrogen) atoms. The molecule has 1 fully saturated rings. The van der Waals surface area contributed by atoms with E-state index < -0.39 is 15.4 Å². The highest BCUT2D eigenvalue weighted by Gasteiger charge is 2.43. The SMILES string of the molecule is NCC1(N2CCOc3ccccc3C2)CCCS(=O)(=O)C1. The summed E-state index contributed by atoms with van der Waals surface area (Å²) in [5.74, 6) is 1.35. The smallest absolute Gasteiger partial charge is 0.152 e. The Morgan fingerprint density at radius 3 is 2.90 bits per heavy atom. The van der Waals surface area contributed by atoms with Gasteiger partial charge in [0.2, 0.25) is 0 Å². The molecule has 0 aliphatic carbocycles. The van der Waals surface area contributed by atoms with Crippen LogP contribution in [0.3, 0.4) is 0 Å². The van der Waals surface area contributed by atoms with Crippen molar-refractivity contribution in [3.05, 3.63) is 29.8 Å². The maximum absolute atomic E-state index is 12.1. The Hall–Kier alpha value is -1.11. The van der Waals surface area contributed by atoms with E-state index in [1.807, 2.05) is 24.3 Å². The Balaban J connectivity index is 1.91. The number of rotatable bonds is 2. The molecule has 1 saturated heterocycles. The molecule has 0 spiro atoms. The lowest BCUT2D eigenvalue weighted by Gasteiger charge is -2.44. The van der Waals surface area contributed by atoms with Crippen LogP contribution in [0, 0.1) is 0 Å². The van der Waals surface area contributed by atoms with Gasteiger partial charge < -0.3 is 10.5 Å². The first-order valence-electron chi connectivity index (χ1n) is 7.41.